The van der Waals surface area contributed by atoms with Gasteiger partial charge in [0.05, 0.1) is 12.7 Å². The van der Waals surface area contributed by atoms with Gasteiger partial charge >= 0.3 is 0 Å². The minimum absolute atomic E-state index is 0.510. The maximum atomic E-state index is 5.81. The molecule has 0 saturated heterocycles. The largest absolute Gasteiger partial charge is 0.377 e. The minimum Gasteiger partial charge on any atom is -0.377 e. The van der Waals surface area contributed by atoms with Gasteiger partial charge in [0.2, 0.25) is 0 Å². The molecule has 0 bridgehead atoms. The molecule has 0 aromatic carbocycles. The number of nitrogens with zero attached hydrogens (tertiary/aromatic N) is 1. The second kappa shape index (κ2) is 6.98. The van der Waals surface area contributed by atoms with E-state index in [4.69, 9.17) is 4.74 Å². The Morgan fingerprint density at radius 2 is 1.93 bits per heavy atom. The van der Waals surface area contributed by atoms with Crippen LogP contribution in [0, 0.1) is 0 Å². The van der Waals surface area contributed by atoms with Crippen LogP contribution in [0.15, 0.2) is 0 Å². The fourth-order valence-corrected chi connectivity index (χ4v) is 2.36. The minimum atomic E-state index is 0.510. The van der Waals surface area contributed by atoms with Crippen LogP contribution in [0.4, 0.5) is 0 Å². The molecule has 1 N–H and O–H groups in total. The summed E-state index contributed by atoms with van der Waals surface area (Å²) < 4.78 is 9.12. The molecular formula is C10H21IN2O. The molecule has 0 spiro atoms. The first-order valence-electron chi connectivity index (χ1n) is 5.35. The smallest absolute Gasteiger partial charge is 0.0596 e. The Bertz CT molecular complexity index is 147. The van der Waals surface area contributed by atoms with Gasteiger partial charge in [-0.2, -0.15) is 0 Å². The standard InChI is InChI=1S/C10H21IN2O/c1-13(2)7-8-14-10-5-3-9(12-11)4-6-10/h9-10,12H,3-8H2,1-2H3/t9-,10-. The highest BCUT2D eigenvalue weighted by Crippen LogP contribution is 2.21. The number of rotatable bonds is 5. The molecule has 0 heterocycles. The average Bonchev–Trinajstić information content (AvgIpc) is 2.18. The highest BCUT2D eigenvalue weighted by atomic mass is 127. The van der Waals surface area contributed by atoms with E-state index in [-0.39, 0.29) is 0 Å². The molecule has 4 heteroatoms. The number of halogens is 1. The van der Waals surface area contributed by atoms with Crippen LogP contribution in [0.25, 0.3) is 0 Å². The monoisotopic (exact) mass is 312 g/mol. The summed E-state index contributed by atoms with van der Waals surface area (Å²) in [7, 11) is 4.17. The number of nitrogens with one attached hydrogen (secondary N) is 1. The first kappa shape index (κ1) is 12.7. The van der Waals surface area contributed by atoms with E-state index in [2.05, 4.69) is 45.4 Å². The SMILES string of the molecule is CN(C)CCO[C@H]1CC[C@H](NI)CC1. The maximum Gasteiger partial charge on any atom is 0.0596 e. The summed E-state index contributed by atoms with van der Waals surface area (Å²) in [5.41, 5.74) is 0. The van der Waals surface area contributed by atoms with E-state index >= 15 is 0 Å². The Hall–Kier alpha value is 0.610. The maximum absolute atomic E-state index is 5.81. The summed E-state index contributed by atoms with van der Waals surface area (Å²) in [6.07, 6.45) is 5.46. The zero-order chi connectivity index (χ0) is 10.4. The number of hydrogen-bond donors (Lipinski definition) is 1. The van der Waals surface area contributed by atoms with Gasteiger partial charge in [-0.05, 0) is 39.8 Å². The Morgan fingerprint density at radius 1 is 1.29 bits per heavy atom. The van der Waals surface area contributed by atoms with Gasteiger partial charge in [-0.15, -0.1) is 0 Å². The normalized spacial score (nSPS) is 28.3. The van der Waals surface area contributed by atoms with Crippen LogP contribution in [-0.4, -0.2) is 44.3 Å². The molecule has 1 fully saturated rings. The fourth-order valence-electron chi connectivity index (χ4n) is 1.74. The zero-order valence-corrected chi connectivity index (χ0v) is 11.3. The van der Waals surface area contributed by atoms with E-state index in [0.717, 1.165) is 13.2 Å². The lowest BCUT2D eigenvalue weighted by Gasteiger charge is -2.28. The number of hydrogen-bond acceptors (Lipinski definition) is 3. The van der Waals surface area contributed by atoms with Crippen LogP contribution in [-0.2, 0) is 4.74 Å². The van der Waals surface area contributed by atoms with Crippen LogP contribution in [0.1, 0.15) is 25.7 Å². The lowest BCUT2D eigenvalue weighted by atomic mass is 9.94. The lowest BCUT2D eigenvalue weighted by molar-refractivity contribution is 0.0179. The van der Waals surface area contributed by atoms with Gasteiger partial charge in [-0.25, -0.2) is 0 Å². The van der Waals surface area contributed by atoms with Crippen molar-refractivity contribution in [3.63, 3.8) is 0 Å². The molecule has 3 nitrogen and oxygen atoms in total. The van der Waals surface area contributed by atoms with Gasteiger partial charge in [0.15, 0.2) is 0 Å². The summed E-state index contributed by atoms with van der Waals surface area (Å²) in [5, 5.41) is 0. The second-order valence-electron chi connectivity index (χ2n) is 4.26. The van der Waals surface area contributed by atoms with Gasteiger partial charge in [0, 0.05) is 35.5 Å². The summed E-state index contributed by atoms with van der Waals surface area (Å²) in [6, 6.07) is 0.712. The van der Waals surface area contributed by atoms with Gasteiger partial charge in [0.25, 0.3) is 0 Å². The molecule has 0 amide bonds. The number of likely N-dealkylation sites (N-methyl/N-ethyl adjacent to an activating group) is 1. The first-order valence-corrected chi connectivity index (χ1v) is 6.42. The van der Waals surface area contributed by atoms with E-state index < -0.39 is 0 Å². The van der Waals surface area contributed by atoms with Gasteiger partial charge < -0.3 is 9.64 Å². The average molecular weight is 312 g/mol. The van der Waals surface area contributed by atoms with Crippen LogP contribution in [0.2, 0.25) is 0 Å². The summed E-state index contributed by atoms with van der Waals surface area (Å²) in [6.45, 7) is 1.91. The Balaban J connectivity index is 2.04. The molecule has 14 heavy (non-hydrogen) atoms. The van der Waals surface area contributed by atoms with Crippen molar-refractivity contribution in [1.82, 2.24) is 8.43 Å². The zero-order valence-electron chi connectivity index (χ0n) is 9.13. The van der Waals surface area contributed by atoms with Crippen molar-refractivity contribution in [1.29, 1.82) is 0 Å². The summed E-state index contributed by atoms with van der Waals surface area (Å²) >= 11 is 2.25. The number of ether oxygens (including phenoxy) is 1. The highest BCUT2D eigenvalue weighted by molar-refractivity contribution is 14.1. The molecule has 0 unspecified atom stereocenters. The van der Waals surface area contributed by atoms with Gasteiger partial charge in [-0.3, -0.25) is 3.53 Å². The van der Waals surface area contributed by atoms with Crippen LogP contribution < -0.4 is 3.53 Å². The quantitative estimate of drug-likeness (QED) is 0.619. The molecule has 0 atom stereocenters. The molecule has 0 aliphatic heterocycles. The van der Waals surface area contributed by atoms with E-state index in [1.54, 1.807) is 0 Å². The molecule has 1 saturated carbocycles. The van der Waals surface area contributed by atoms with Crippen LogP contribution >= 0.6 is 22.9 Å². The molecule has 84 valence electrons. The topological polar surface area (TPSA) is 24.5 Å². The van der Waals surface area contributed by atoms with Crippen molar-refractivity contribution in [3.05, 3.63) is 0 Å². The van der Waals surface area contributed by atoms with Gasteiger partial charge in [-0.1, -0.05) is 0 Å². The molecular weight excluding hydrogens is 291 g/mol. The molecule has 0 radical (unpaired) electrons. The molecule has 1 rings (SSSR count). The molecule has 0 aromatic heterocycles. The summed E-state index contributed by atoms with van der Waals surface area (Å²) in [4.78, 5) is 2.16. The van der Waals surface area contributed by atoms with Crippen molar-refractivity contribution in [3.8, 4) is 0 Å². The Labute approximate surface area is 101 Å². The van der Waals surface area contributed by atoms with Crippen LogP contribution in [0.3, 0.4) is 0 Å². The van der Waals surface area contributed by atoms with Crippen molar-refractivity contribution < 1.29 is 4.74 Å². The van der Waals surface area contributed by atoms with Crippen molar-refractivity contribution in [2.45, 2.75) is 37.8 Å². The molecule has 0 aromatic rings. The van der Waals surface area contributed by atoms with E-state index in [9.17, 15) is 0 Å². The third-order valence-electron chi connectivity index (χ3n) is 2.72. The van der Waals surface area contributed by atoms with E-state index in [0.29, 0.717) is 12.1 Å². The predicted molar refractivity (Wildman–Crippen MR) is 67.7 cm³/mol. The third-order valence-corrected chi connectivity index (χ3v) is 3.60. The van der Waals surface area contributed by atoms with Crippen LogP contribution in [0.5, 0.6) is 0 Å². The molecule has 1 aliphatic carbocycles. The van der Waals surface area contributed by atoms with Crippen molar-refractivity contribution in [2.24, 2.45) is 0 Å². The lowest BCUT2D eigenvalue weighted by Crippen LogP contribution is -2.31. The van der Waals surface area contributed by atoms with Crippen molar-refractivity contribution >= 4 is 22.9 Å². The van der Waals surface area contributed by atoms with Gasteiger partial charge in [0.1, 0.15) is 0 Å². The highest BCUT2D eigenvalue weighted by Gasteiger charge is 2.20. The summed E-state index contributed by atoms with van der Waals surface area (Å²) in [5.74, 6) is 0. The second-order valence-corrected chi connectivity index (χ2v) is 4.88. The van der Waals surface area contributed by atoms with E-state index in [1.165, 1.54) is 25.7 Å². The predicted octanol–water partition coefficient (Wildman–Crippen LogP) is 1.82. The Morgan fingerprint density at radius 3 is 2.43 bits per heavy atom. The third kappa shape index (κ3) is 4.91. The molecule has 1 aliphatic rings. The van der Waals surface area contributed by atoms with Crippen molar-refractivity contribution in [2.75, 3.05) is 27.2 Å². The van der Waals surface area contributed by atoms with E-state index in [1.807, 2.05) is 0 Å². The Kier molecular flexibility index (Phi) is 6.32. The first-order chi connectivity index (χ1) is 6.72. The fraction of sp³-hybridized carbons (Fsp3) is 1.00.